The lowest BCUT2D eigenvalue weighted by molar-refractivity contribution is -0.115. The Morgan fingerprint density at radius 2 is 1.85 bits per heavy atom. The predicted molar refractivity (Wildman–Crippen MR) is 83.2 cm³/mol. The highest BCUT2D eigenvalue weighted by atomic mass is 127. The number of carbonyl (C=O) groups is 2. The summed E-state index contributed by atoms with van der Waals surface area (Å²) in [5.74, 6) is -1.30. The van der Waals surface area contributed by atoms with E-state index in [1.54, 1.807) is 12.1 Å². The van der Waals surface area contributed by atoms with E-state index < -0.39 is 5.97 Å². The van der Waals surface area contributed by atoms with Gasteiger partial charge in [0.15, 0.2) is 5.82 Å². The monoisotopic (exact) mass is 382 g/mol. The van der Waals surface area contributed by atoms with Crippen LogP contribution in [0.2, 0.25) is 0 Å². The molecule has 6 heteroatoms. The van der Waals surface area contributed by atoms with Crippen LogP contribution in [0.3, 0.4) is 0 Å². The van der Waals surface area contributed by atoms with Gasteiger partial charge >= 0.3 is 5.97 Å². The second-order valence-electron chi connectivity index (χ2n) is 4.01. The van der Waals surface area contributed by atoms with Crippen molar-refractivity contribution in [1.29, 1.82) is 0 Å². The van der Waals surface area contributed by atoms with Crippen LogP contribution in [0, 0.1) is 3.57 Å². The minimum atomic E-state index is -1.12. The third kappa shape index (κ3) is 2.96. The maximum absolute atomic E-state index is 11.9. The lowest BCUT2D eigenvalue weighted by Crippen LogP contribution is -2.25. The number of aromatic nitrogens is 1. The highest BCUT2D eigenvalue weighted by molar-refractivity contribution is 14.1. The van der Waals surface area contributed by atoms with Crippen LogP contribution in [-0.4, -0.2) is 22.0 Å². The number of hydrogen-bond acceptors (Lipinski definition) is 3. The molecule has 0 aliphatic rings. The van der Waals surface area contributed by atoms with Gasteiger partial charge in [0.2, 0.25) is 5.91 Å². The van der Waals surface area contributed by atoms with Crippen LogP contribution in [0.25, 0.3) is 0 Å². The molecular formula is C14H11IN2O3. The molecule has 1 aromatic carbocycles. The summed E-state index contributed by atoms with van der Waals surface area (Å²) in [6.07, 6.45) is 1.46. The van der Waals surface area contributed by atoms with Crippen LogP contribution in [-0.2, 0) is 4.79 Å². The minimum Gasteiger partial charge on any atom is -0.478 e. The molecule has 1 aromatic heterocycles. The third-order valence-electron chi connectivity index (χ3n) is 2.63. The zero-order chi connectivity index (χ0) is 14.7. The Morgan fingerprint density at radius 3 is 2.40 bits per heavy atom. The van der Waals surface area contributed by atoms with Crippen LogP contribution in [0.4, 0.5) is 11.5 Å². The topological polar surface area (TPSA) is 70.5 Å². The number of carboxylic acids is 1. The molecule has 0 bridgehead atoms. The maximum atomic E-state index is 11.9. The molecule has 102 valence electrons. The van der Waals surface area contributed by atoms with Crippen molar-refractivity contribution in [2.45, 2.75) is 6.92 Å². The summed E-state index contributed by atoms with van der Waals surface area (Å²) < 4.78 is 1.02. The van der Waals surface area contributed by atoms with Gasteiger partial charge in [0.1, 0.15) is 5.56 Å². The number of pyridine rings is 1. The number of benzene rings is 1. The molecule has 0 spiro atoms. The number of carbonyl (C=O) groups excluding carboxylic acids is 1. The zero-order valence-electron chi connectivity index (χ0n) is 10.6. The Kier molecular flexibility index (Phi) is 4.33. The quantitative estimate of drug-likeness (QED) is 0.829. The molecule has 0 saturated carbocycles. The number of anilines is 2. The van der Waals surface area contributed by atoms with Crippen molar-refractivity contribution in [3.05, 3.63) is 51.7 Å². The molecular weight excluding hydrogens is 371 g/mol. The molecule has 0 fully saturated rings. The summed E-state index contributed by atoms with van der Waals surface area (Å²) in [4.78, 5) is 28.5. The van der Waals surface area contributed by atoms with Crippen LogP contribution in [0.1, 0.15) is 17.3 Å². The number of halogens is 1. The Bertz CT molecular complexity index is 656. The van der Waals surface area contributed by atoms with Crippen LogP contribution in [0.15, 0.2) is 42.6 Å². The molecule has 0 unspecified atom stereocenters. The first-order valence-corrected chi connectivity index (χ1v) is 6.83. The van der Waals surface area contributed by atoms with Gasteiger partial charge in [-0.3, -0.25) is 9.69 Å². The van der Waals surface area contributed by atoms with Gasteiger partial charge in [-0.15, -0.1) is 0 Å². The molecule has 2 rings (SSSR count). The summed E-state index contributed by atoms with van der Waals surface area (Å²) in [6.45, 7) is 1.37. The van der Waals surface area contributed by atoms with E-state index in [0.29, 0.717) is 5.69 Å². The molecule has 2 aromatic rings. The molecule has 0 saturated heterocycles. The Hall–Kier alpha value is -1.96. The van der Waals surface area contributed by atoms with Crippen molar-refractivity contribution in [2.75, 3.05) is 4.90 Å². The molecule has 1 N–H and O–H groups in total. The predicted octanol–water partition coefficient (Wildman–Crippen LogP) is 3.07. The van der Waals surface area contributed by atoms with E-state index in [1.807, 2.05) is 12.1 Å². The van der Waals surface area contributed by atoms with E-state index in [2.05, 4.69) is 27.6 Å². The Labute approximate surface area is 129 Å². The smallest absolute Gasteiger partial charge is 0.339 e. The van der Waals surface area contributed by atoms with Crippen molar-refractivity contribution in [1.82, 2.24) is 4.98 Å². The fraction of sp³-hybridized carbons (Fsp3) is 0.0714. The van der Waals surface area contributed by atoms with Crippen LogP contribution in [0.5, 0.6) is 0 Å². The van der Waals surface area contributed by atoms with Gasteiger partial charge in [0, 0.05) is 16.7 Å². The zero-order valence-corrected chi connectivity index (χ0v) is 12.7. The van der Waals surface area contributed by atoms with Crippen molar-refractivity contribution < 1.29 is 14.7 Å². The van der Waals surface area contributed by atoms with E-state index in [1.165, 1.54) is 30.2 Å². The van der Waals surface area contributed by atoms with Crippen molar-refractivity contribution >= 4 is 46.0 Å². The Balaban J connectivity index is 2.58. The van der Waals surface area contributed by atoms with E-state index in [0.717, 1.165) is 3.57 Å². The second-order valence-corrected chi connectivity index (χ2v) is 5.26. The van der Waals surface area contributed by atoms with Gasteiger partial charge in [0.05, 0.1) is 5.69 Å². The van der Waals surface area contributed by atoms with Gasteiger partial charge in [-0.1, -0.05) is 0 Å². The van der Waals surface area contributed by atoms with Crippen molar-refractivity contribution in [2.24, 2.45) is 0 Å². The molecule has 1 amide bonds. The van der Waals surface area contributed by atoms with Gasteiger partial charge in [0.25, 0.3) is 0 Å². The van der Waals surface area contributed by atoms with Crippen LogP contribution < -0.4 is 4.90 Å². The van der Waals surface area contributed by atoms with E-state index in [-0.39, 0.29) is 17.3 Å². The number of rotatable bonds is 3. The third-order valence-corrected chi connectivity index (χ3v) is 3.35. The first-order valence-electron chi connectivity index (χ1n) is 5.75. The standard InChI is InChI=1S/C14H11IN2O3/c1-9(18)17(11-6-4-10(15)5-7-11)13-12(14(19)20)3-2-8-16-13/h2-8H,1H3,(H,19,20). The fourth-order valence-electron chi connectivity index (χ4n) is 1.79. The summed E-state index contributed by atoms with van der Waals surface area (Å²) in [5.41, 5.74) is 0.570. The lowest BCUT2D eigenvalue weighted by atomic mass is 10.2. The number of hydrogen-bond donors (Lipinski definition) is 1. The fourth-order valence-corrected chi connectivity index (χ4v) is 2.15. The molecule has 1 heterocycles. The van der Waals surface area contributed by atoms with Gasteiger partial charge in [-0.2, -0.15) is 0 Å². The SMILES string of the molecule is CC(=O)N(c1ccc(I)cc1)c1ncccc1C(=O)O. The number of nitrogens with zero attached hydrogens (tertiary/aromatic N) is 2. The molecule has 0 radical (unpaired) electrons. The number of carboxylic acid groups (broad SMARTS) is 1. The number of aromatic carboxylic acids is 1. The second kappa shape index (κ2) is 6.00. The average Bonchev–Trinajstić information content (AvgIpc) is 2.41. The first-order chi connectivity index (χ1) is 9.50. The number of amides is 1. The molecule has 0 atom stereocenters. The lowest BCUT2D eigenvalue weighted by Gasteiger charge is -2.21. The van der Waals surface area contributed by atoms with Gasteiger partial charge < -0.3 is 5.11 Å². The normalized spacial score (nSPS) is 10.1. The highest BCUT2D eigenvalue weighted by Gasteiger charge is 2.21. The average molecular weight is 382 g/mol. The largest absolute Gasteiger partial charge is 0.478 e. The van der Waals surface area contributed by atoms with E-state index in [9.17, 15) is 14.7 Å². The molecule has 20 heavy (non-hydrogen) atoms. The van der Waals surface area contributed by atoms with E-state index >= 15 is 0 Å². The van der Waals surface area contributed by atoms with E-state index in [4.69, 9.17) is 0 Å². The summed E-state index contributed by atoms with van der Waals surface area (Å²) in [7, 11) is 0. The summed E-state index contributed by atoms with van der Waals surface area (Å²) in [6, 6.07) is 10.1. The summed E-state index contributed by atoms with van der Waals surface area (Å²) in [5, 5.41) is 9.21. The Morgan fingerprint density at radius 1 is 1.20 bits per heavy atom. The molecule has 0 aliphatic heterocycles. The van der Waals surface area contributed by atoms with Crippen molar-refractivity contribution in [3.63, 3.8) is 0 Å². The molecule has 5 nitrogen and oxygen atoms in total. The minimum absolute atomic E-state index is 0.0127. The van der Waals surface area contributed by atoms with Gasteiger partial charge in [-0.25, -0.2) is 9.78 Å². The van der Waals surface area contributed by atoms with Gasteiger partial charge in [-0.05, 0) is 59.0 Å². The van der Waals surface area contributed by atoms with Crippen LogP contribution >= 0.6 is 22.6 Å². The van der Waals surface area contributed by atoms with Crippen molar-refractivity contribution in [3.8, 4) is 0 Å². The highest BCUT2D eigenvalue weighted by Crippen LogP contribution is 2.27. The summed E-state index contributed by atoms with van der Waals surface area (Å²) >= 11 is 2.16. The maximum Gasteiger partial charge on any atom is 0.339 e. The molecule has 0 aliphatic carbocycles. The first kappa shape index (κ1) is 14.4.